The van der Waals surface area contributed by atoms with Crippen LogP contribution in [0.4, 0.5) is 5.69 Å². The number of carboxylic acid groups (broad SMARTS) is 1. The molecule has 0 spiro atoms. The Bertz CT molecular complexity index is 1050. The number of thioether (sulfide) groups is 1. The molecule has 1 aromatic heterocycles. The molecule has 0 saturated heterocycles. The fraction of sp³-hybridized carbons (Fsp3) is 0.348. The Hall–Kier alpha value is -2.38. The average Bonchev–Trinajstić information content (AvgIpc) is 3.08. The first-order valence-electron chi connectivity index (χ1n) is 9.87. The van der Waals surface area contributed by atoms with E-state index in [0.717, 1.165) is 16.6 Å². The summed E-state index contributed by atoms with van der Waals surface area (Å²) >= 11 is 2.65. The highest BCUT2D eigenvalue weighted by atomic mass is 32.2. The molecular weight excluding hydrogens is 416 g/mol. The monoisotopic (exact) mass is 441 g/mol. The fourth-order valence-electron chi connectivity index (χ4n) is 2.97. The van der Waals surface area contributed by atoms with Crippen molar-refractivity contribution in [3.05, 3.63) is 53.6 Å². The highest BCUT2D eigenvalue weighted by molar-refractivity contribution is 8.02. The Kier molecular flexibility index (Phi) is 6.83. The molecule has 0 bridgehead atoms. The summed E-state index contributed by atoms with van der Waals surface area (Å²) in [6.07, 6.45) is 1.31. The summed E-state index contributed by atoms with van der Waals surface area (Å²) in [5, 5.41) is 13.6. The van der Waals surface area contributed by atoms with Crippen molar-refractivity contribution in [3.63, 3.8) is 0 Å². The molecule has 0 radical (unpaired) electrons. The van der Waals surface area contributed by atoms with Gasteiger partial charge in [0.05, 0.1) is 21.4 Å². The summed E-state index contributed by atoms with van der Waals surface area (Å²) in [6, 6.07) is 13.1. The first-order valence-corrected chi connectivity index (χ1v) is 11.6. The van der Waals surface area contributed by atoms with E-state index in [2.05, 4.69) is 31.1 Å². The number of fused-ring (bicyclic) bond motifs is 1. The van der Waals surface area contributed by atoms with Gasteiger partial charge in [0.1, 0.15) is 0 Å². The maximum atomic E-state index is 12.6. The van der Waals surface area contributed by atoms with Crippen molar-refractivity contribution in [2.24, 2.45) is 0 Å². The first-order chi connectivity index (χ1) is 14.2. The quantitative estimate of drug-likeness (QED) is 0.530. The van der Waals surface area contributed by atoms with Gasteiger partial charge in [-0.05, 0) is 47.7 Å². The lowest BCUT2D eigenvalue weighted by molar-refractivity contribution is -0.304. The van der Waals surface area contributed by atoms with Crippen molar-refractivity contribution in [1.29, 1.82) is 0 Å². The molecule has 3 rings (SSSR count). The third-order valence-corrected chi connectivity index (χ3v) is 7.05. The third kappa shape index (κ3) is 5.40. The molecule has 0 saturated carbocycles. The fourth-order valence-corrected chi connectivity index (χ4v) is 5.36. The lowest BCUT2D eigenvalue weighted by atomic mass is 9.87. The van der Waals surface area contributed by atoms with E-state index in [-0.39, 0.29) is 11.3 Å². The molecule has 0 fully saturated rings. The number of amides is 1. The molecule has 0 aliphatic carbocycles. The van der Waals surface area contributed by atoms with Crippen LogP contribution in [0.25, 0.3) is 10.2 Å². The number of anilines is 1. The summed E-state index contributed by atoms with van der Waals surface area (Å²) in [5.74, 6) is -1.24. The predicted octanol–water partition coefficient (Wildman–Crippen LogP) is 4.86. The number of aromatic nitrogens is 1. The third-order valence-electron chi connectivity index (χ3n) is 4.70. The minimum absolute atomic E-state index is 0.0365. The Morgan fingerprint density at radius 3 is 2.47 bits per heavy atom. The van der Waals surface area contributed by atoms with Gasteiger partial charge < -0.3 is 15.2 Å². The average molecular weight is 442 g/mol. The highest BCUT2D eigenvalue weighted by Crippen LogP contribution is 2.34. The molecule has 7 heteroatoms. The van der Waals surface area contributed by atoms with Crippen LogP contribution < -0.4 is 10.4 Å². The number of hydrogen-bond acceptors (Lipinski definition) is 6. The van der Waals surface area contributed by atoms with Gasteiger partial charge in [-0.25, -0.2) is 4.98 Å². The topological polar surface area (TPSA) is 82.1 Å². The van der Waals surface area contributed by atoms with Crippen LogP contribution in [-0.4, -0.2) is 22.1 Å². The van der Waals surface area contributed by atoms with Crippen LogP contribution in [0.1, 0.15) is 56.5 Å². The van der Waals surface area contributed by atoms with Crippen LogP contribution in [0.2, 0.25) is 0 Å². The number of aliphatic carboxylic acids is 1. The molecule has 2 aromatic carbocycles. The van der Waals surface area contributed by atoms with Crippen LogP contribution in [0.3, 0.4) is 0 Å². The van der Waals surface area contributed by atoms with Crippen molar-refractivity contribution in [3.8, 4) is 0 Å². The number of hydrogen-bond donors (Lipinski definition) is 1. The van der Waals surface area contributed by atoms with E-state index >= 15 is 0 Å². The van der Waals surface area contributed by atoms with E-state index in [4.69, 9.17) is 0 Å². The van der Waals surface area contributed by atoms with Crippen molar-refractivity contribution in [2.75, 3.05) is 5.32 Å². The van der Waals surface area contributed by atoms with Gasteiger partial charge in [-0.2, -0.15) is 0 Å². The number of nitrogens with one attached hydrogen (secondary N) is 1. The second-order valence-corrected chi connectivity index (χ2v) is 10.6. The van der Waals surface area contributed by atoms with Crippen LogP contribution >= 0.6 is 23.1 Å². The van der Waals surface area contributed by atoms with Gasteiger partial charge in [0, 0.05) is 11.3 Å². The van der Waals surface area contributed by atoms with E-state index in [9.17, 15) is 14.7 Å². The molecule has 5 nitrogen and oxygen atoms in total. The Balaban J connectivity index is 1.74. The van der Waals surface area contributed by atoms with Gasteiger partial charge in [-0.15, -0.1) is 11.3 Å². The van der Waals surface area contributed by atoms with Crippen molar-refractivity contribution < 1.29 is 14.7 Å². The second-order valence-electron chi connectivity index (χ2n) is 8.16. The normalized spacial score (nSPS) is 12.7. The Morgan fingerprint density at radius 2 is 1.87 bits per heavy atom. The van der Waals surface area contributed by atoms with E-state index in [0.29, 0.717) is 22.0 Å². The molecule has 3 aromatic rings. The minimum Gasteiger partial charge on any atom is -0.549 e. The number of carbonyl (C=O) groups excluding carboxylic acids is 2. The highest BCUT2D eigenvalue weighted by Gasteiger charge is 2.16. The smallest absolute Gasteiger partial charge is 0.255 e. The van der Waals surface area contributed by atoms with Gasteiger partial charge in [-0.1, -0.05) is 58.0 Å². The van der Waals surface area contributed by atoms with Gasteiger partial charge in [-0.3, -0.25) is 4.79 Å². The zero-order valence-corrected chi connectivity index (χ0v) is 19.2. The van der Waals surface area contributed by atoms with E-state index in [1.54, 1.807) is 6.07 Å². The van der Waals surface area contributed by atoms with Crippen molar-refractivity contribution in [2.45, 2.75) is 55.5 Å². The van der Waals surface area contributed by atoms with Crippen molar-refractivity contribution in [1.82, 2.24) is 4.98 Å². The Labute approximate surface area is 184 Å². The zero-order chi connectivity index (χ0) is 21.9. The number of rotatable bonds is 7. The van der Waals surface area contributed by atoms with E-state index in [1.165, 1.54) is 28.7 Å². The lowest BCUT2D eigenvalue weighted by Crippen LogP contribution is -2.33. The number of carboxylic acids is 1. The van der Waals surface area contributed by atoms with Gasteiger partial charge in [0.2, 0.25) is 0 Å². The number of thiazole rings is 1. The number of benzene rings is 2. The summed E-state index contributed by atoms with van der Waals surface area (Å²) in [6.45, 7) is 8.35. The maximum absolute atomic E-state index is 12.6. The predicted molar refractivity (Wildman–Crippen MR) is 122 cm³/mol. The number of carbonyl (C=O) groups is 2. The van der Waals surface area contributed by atoms with Gasteiger partial charge in [0.25, 0.3) is 5.91 Å². The molecule has 30 heavy (non-hydrogen) atoms. The molecule has 1 amide bonds. The summed E-state index contributed by atoms with van der Waals surface area (Å²) in [4.78, 5) is 28.4. The van der Waals surface area contributed by atoms with Gasteiger partial charge >= 0.3 is 0 Å². The SMILES string of the molecule is CCC[C@@H](Sc1nc2ccc(NC(=O)c3ccc(C(C)(C)C)cc3)cc2s1)C(=O)[O-]. The molecule has 1 heterocycles. The zero-order valence-electron chi connectivity index (χ0n) is 17.5. The molecule has 0 aliphatic heterocycles. The Morgan fingerprint density at radius 1 is 1.17 bits per heavy atom. The second kappa shape index (κ2) is 9.18. The van der Waals surface area contributed by atoms with Crippen LogP contribution in [-0.2, 0) is 10.2 Å². The van der Waals surface area contributed by atoms with Crippen molar-refractivity contribution >= 4 is 50.9 Å². The maximum Gasteiger partial charge on any atom is 0.255 e. The molecule has 1 N–H and O–H groups in total. The number of nitrogens with zero attached hydrogens (tertiary/aromatic N) is 1. The molecule has 0 aliphatic rings. The van der Waals surface area contributed by atoms with Gasteiger partial charge in [0.15, 0.2) is 4.34 Å². The summed E-state index contributed by atoms with van der Waals surface area (Å²) in [7, 11) is 0. The molecule has 0 unspecified atom stereocenters. The molecule has 1 atom stereocenters. The van der Waals surface area contributed by atoms with E-state index < -0.39 is 11.2 Å². The van der Waals surface area contributed by atoms with Crippen LogP contribution in [0.15, 0.2) is 46.8 Å². The lowest BCUT2D eigenvalue weighted by Gasteiger charge is -2.19. The standard InChI is InChI=1S/C23H26N2O3S2/c1-5-6-18(21(27)28)29-22-25-17-12-11-16(13-19(17)30-22)24-20(26)14-7-9-15(10-8-14)23(2,3)4/h7-13,18H,5-6H2,1-4H3,(H,24,26)(H,27,28)/p-1/t18-/m1/s1. The summed E-state index contributed by atoms with van der Waals surface area (Å²) in [5.41, 5.74) is 3.27. The largest absolute Gasteiger partial charge is 0.549 e. The van der Waals surface area contributed by atoms with Crippen LogP contribution in [0, 0.1) is 0 Å². The summed E-state index contributed by atoms with van der Waals surface area (Å²) < 4.78 is 1.58. The van der Waals surface area contributed by atoms with Crippen LogP contribution in [0.5, 0.6) is 0 Å². The van der Waals surface area contributed by atoms with E-state index in [1.807, 2.05) is 43.3 Å². The molecule has 158 valence electrons. The molecular formula is C23H25N2O3S2-. The minimum atomic E-state index is -1.06. The first kappa shape index (κ1) is 22.3.